The highest BCUT2D eigenvalue weighted by atomic mass is 32.2. The lowest BCUT2D eigenvalue weighted by molar-refractivity contribution is 0.308. The molecule has 0 amide bonds. The van der Waals surface area contributed by atoms with Crippen molar-refractivity contribution >= 4 is 28.1 Å². The summed E-state index contributed by atoms with van der Waals surface area (Å²) in [5.74, 6) is 0.171. The second-order valence-electron chi connectivity index (χ2n) is 8.66. The van der Waals surface area contributed by atoms with Gasteiger partial charge in [-0.05, 0) is 62.1 Å². The van der Waals surface area contributed by atoms with E-state index in [0.29, 0.717) is 47.6 Å². The molecule has 6 bridgehead atoms. The predicted octanol–water partition coefficient (Wildman–Crippen LogP) is 5.37. The molecule has 0 aliphatic carbocycles. The van der Waals surface area contributed by atoms with E-state index in [1.807, 2.05) is 19.1 Å². The fraction of sp³-hybridized carbons (Fsp3) is 0.385. The number of benzene rings is 2. The Bertz CT molecular complexity index is 1190. The highest BCUT2D eigenvalue weighted by Crippen LogP contribution is 2.28. The molecule has 1 aliphatic rings. The molecule has 3 aromatic rings. The molecule has 2 atom stereocenters. The number of nitrogens with two attached hydrogens (primary N) is 1. The molecule has 0 spiro atoms. The van der Waals surface area contributed by atoms with Crippen LogP contribution in [-0.4, -0.2) is 39.6 Å². The number of nitrogens with zero attached hydrogens (tertiary/aromatic N) is 2. The topological polar surface area (TPSA) is 102 Å². The maximum Gasteiger partial charge on any atom is 0.227 e. The van der Waals surface area contributed by atoms with Crippen LogP contribution in [0.1, 0.15) is 38.7 Å². The quantitative estimate of drug-likeness (QED) is 0.429. The Hall–Kier alpha value is -3.11. The lowest BCUT2D eigenvalue weighted by Crippen LogP contribution is -2.11. The fourth-order valence-corrected chi connectivity index (χ4v) is 3.98. The predicted molar refractivity (Wildman–Crippen MR) is 142 cm³/mol. The molecule has 0 saturated carbocycles. The third kappa shape index (κ3) is 8.23. The molecule has 0 fully saturated rings. The van der Waals surface area contributed by atoms with E-state index in [9.17, 15) is 13.0 Å². The first kappa shape index (κ1) is 27.5. The van der Waals surface area contributed by atoms with Gasteiger partial charge in [-0.25, -0.2) is 18.7 Å². The molecule has 2 aromatic carbocycles. The summed E-state index contributed by atoms with van der Waals surface area (Å²) >= 11 is 0. The largest absolute Gasteiger partial charge is 0.494 e. The number of nitrogens with one attached hydrogen (secondary N) is 2. The number of hydrogen-bond donors (Lipinski definition) is 3. The molecule has 4 N–H and O–H groups in total. The van der Waals surface area contributed by atoms with Crippen molar-refractivity contribution in [3.63, 3.8) is 0 Å². The van der Waals surface area contributed by atoms with Gasteiger partial charge in [-0.3, -0.25) is 4.21 Å². The summed E-state index contributed by atoms with van der Waals surface area (Å²) in [6.07, 6.45) is 5.32. The number of hydrogen-bond acceptors (Lipinski definition) is 7. The van der Waals surface area contributed by atoms with Crippen LogP contribution < -0.4 is 21.1 Å². The van der Waals surface area contributed by atoms with Crippen LogP contribution in [0.15, 0.2) is 42.6 Å². The van der Waals surface area contributed by atoms with Crippen LogP contribution >= 0.6 is 0 Å². The zero-order valence-corrected chi connectivity index (χ0v) is 21.6. The van der Waals surface area contributed by atoms with E-state index in [2.05, 4.69) is 27.5 Å². The molecule has 0 saturated heterocycles. The highest BCUT2D eigenvalue weighted by Gasteiger charge is 2.14. The number of rotatable bonds is 3. The second-order valence-corrected chi connectivity index (χ2v) is 10.1. The molecule has 2 heterocycles. The maximum atomic E-state index is 14.5. The lowest BCUT2D eigenvalue weighted by Gasteiger charge is -2.14. The molecule has 1 aromatic heterocycles. The standard InChI is InChI=1S/C22H22F2N4O2S.C4H11N/c1-31(29)13-14-8-16-11-17(9-14)30-7-3-2-6-25-20-10-15(4-5-18(20)23)21-19(24)12-26-22(27-16)28-21;1-3-4(2)5/h4-5,8-12,25H,2-3,6-7,13H2,1H3,(H,26,27,28);4H,3,5H2,1-2H3. The smallest absolute Gasteiger partial charge is 0.227 e. The van der Waals surface area contributed by atoms with E-state index in [1.165, 1.54) is 12.1 Å². The monoisotopic (exact) mass is 517 g/mol. The van der Waals surface area contributed by atoms with Gasteiger partial charge < -0.3 is 21.1 Å². The minimum absolute atomic E-state index is 0.0648. The molecular formula is C26H33F2N5O2S. The second kappa shape index (κ2) is 13.3. The number of ether oxygens (including phenoxy) is 1. The first-order chi connectivity index (χ1) is 17.2. The van der Waals surface area contributed by atoms with Crippen LogP contribution in [0.5, 0.6) is 5.75 Å². The van der Waals surface area contributed by atoms with E-state index in [-0.39, 0.29) is 11.6 Å². The molecule has 36 heavy (non-hydrogen) atoms. The first-order valence-electron chi connectivity index (χ1n) is 11.9. The number of halogens is 2. The third-order valence-corrected chi connectivity index (χ3v) is 6.12. The molecule has 2 unspecified atom stereocenters. The van der Waals surface area contributed by atoms with Gasteiger partial charge in [0, 0.05) is 52.7 Å². The summed E-state index contributed by atoms with van der Waals surface area (Å²) in [4.78, 5) is 8.33. The van der Waals surface area contributed by atoms with Crippen molar-refractivity contribution < 1.29 is 17.7 Å². The van der Waals surface area contributed by atoms with Crippen molar-refractivity contribution in [2.24, 2.45) is 5.73 Å². The zero-order chi connectivity index (χ0) is 26.1. The van der Waals surface area contributed by atoms with E-state index in [1.54, 1.807) is 18.4 Å². The average Bonchev–Trinajstić information content (AvgIpc) is 2.83. The number of aromatic nitrogens is 2. The van der Waals surface area contributed by atoms with Crippen molar-refractivity contribution in [2.45, 2.75) is 44.9 Å². The van der Waals surface area contributed by atoms with Gasteiger partial charge >= 0.3 is 0 Å². The molecule has 10 heteroatoms. The van der Waals surface area contributed by atoms with Crippen LogP contribution in [0.4, 0.5) is 26.1 Å². The lowest BCUT2D eigenvalue weighted by atomic mass is 10.1. The summed E-state index contributed by atoms with van der Waals surface area (Å²) in [6, 6.07) is 10.2. The first-order valence-corrected chi connectivity index (χ1v) is 13.6. The van der Waals surface area contributed by atoms with Crippen LogP contribution in [-0.2, 0) is 16.6 Å². The Labute approximate surface area is 213 Å². The molecular weight excluding hydrogens is 484 g/mol. The molecule has 194 valence electrons. The maximum absolute atomic E-state index is 14.5. The zero-order valence-electron chi connectivity index (χ0n) is 20.8. The van der Waals surface area contributed by atoms with Crippen molar-refractivity contribution in [3.8, 4) is 17.0 Å². The van der Waals surface area contributed by atoms with Gasteiger partial charge in [0.25, 0.3) is 0 Å². The number of anilines is 3. The SMILES string of the molecule is CCC(C)N.CS(=O)Cc1cc2cc(c1)OCCCCNc1cc(ccc1F)-c1nc(ncc1F)N2. The van der Waals surface area contributed by atoms with Crippen molar-refractivity contribution in [1.82, 2.24) is 9.97 Å². The van der Waals surface area contributed by atoms with Crippen LogP contribution in [0.25, 0.3) is 11.3 Å². The van der Waals surface area contributed by atoms with Gasteiger partial charge in [0.15, 0.2) is 5.82 Å². The molecule has 7 nitrogen and oxygen atoms in total. The van der Waals surface area contributed by atoms with Gasteiger partial charge in [-0.15, -0.1) is 0 Å². The van der Waals surface area contributed by atoms with Crippen LogP contribution in [0, 0.1) is 11.6 Å². The normalized spacial score (nSPS) is 14.7. The summed E-state index contributed by atoms with van der Waals surface area (Å²) < 4.78 is 46.3. The Morgan fingerprint density at radius 1 is 1.17 bits per heavy atom. The molecule has 1 aliphatic heterocycles. The van der Waals surface area contributed by atoms with E-state index >= 15 is 0 Å². The minimum Gasteiger partial charge on any atom is -0.494 e. The van der Waals surface area contributed by atoms with Crippen LogP contribution in [0.3, 0.4) is 0 Å². The minimum atomic E-state index is -1.02. The number of fused-ring (bicyclic) bond motifs is 7. The van der Waals surface area contributed by atoms with Crippen molar-refractivity contribution in [2.75, 3.05) is 30.0 Å². The van der Waals surface area contributed by atoms with E-state index < -0.39 is 22.4 Å². The van der Waals surface area contributed by atoms with E-state index in [0.717, 1.165) is 31.0 Å². The van der Waals surface area contributed by atoms with Gasteiger partial charge in [-0.2, -0.15) is 0 Å². The summed E-state index contributed by atoms with van der Waals surface area (Å²) in [5, 5.41) is 6.12. The van der Waals surface area contributed by atoms with Gasteiger partial charge in [-0.1, -0.05) is 6.92 Å². The van der Waals surface area contributed by atoms with Crippen LogP contribution in [0.2, 0.25) is 0 Å². The van der Waals surface area contributed by atoms with E-state index in [4.69, 9.17) is 10.5 Å². The molecule has 4 rings (SSSR count). The van der Waals surface area contributed by atoms with Crippen molar-refractivity contribution in [1.29, 1.82) is 0 Å². The average molecular weight is 518 g/mol. The Morgan fingerprint density at radius 3 is 2.67 bits per heavy atom. The fourth-order valence-electron chi connectivity index (χ4n) is 3.34. The van der Waals surface area contributed by atoms with Gasteiger partial charge in [0.1, 0.15) is 17.3 Å². The van der Waals surface area contributed by atoms with Crippen molar-refractivity contribution in [3.05, 3.63) is 59.8 Å². The van der Waals surface area contributed by atoms with Gasteiger partial charge in [0.05, 0.1) is 18.5 Å². The summed E-state index contributed by atoms with van der Waals surface area (Å²) in [7, 11) is -1.02. The Morgan fingerprint density at radius 2 is 1.94 bits per heavy atom. The Kier molecular flexibility index (Phi) is 10.1. The summed E-state index contributed by atoms with van der Waals surface area (Å²) in [6.45, 7) is 5.10. The molecule has 0 radical (unpaired) electrons. The Balaban J connectivity index is 0.000000658. The highest BCUT2D eigenvalue weighted by molar-refractivity contribution is 7.83. The summed E-state index contributed by atoms with van der Waals surface area (Å²) in [5.41, 5.74) is 7.58. The van der Waals surface area contributed by atoms with Gasteiger partial charge in [0.2, 0.25) is 5.95 Å². The third-order valence-electron chi connectivity index (χ3n) is 5.38.